The second-order valence-corrected chi connectivity index (χ2v) is 13.6. The van der Waals surface area contributed by atoms with Gasteiger partial charge in [0, 0.05) is 29.6 Å². The molecule has 0 aromatic heterocycles. The van der Waals surface area contributed by atoms with Crippen LogP contribution in [0.2, 0.25) is 0 Å². The first-order valence-corrected chi connectivity index (χ1v) is 15.0. The van der Waals surface area contributed by atoms with Crippen LogP contribution in [0.15, 0.2) is 47.4 Å². The molecule has 1 unspecified atom stereocenters. The first-order chi connectivity index (χ1) is 17.6. The fraction of sp³-hybridized carbons (Fsp3) is 0.613. The Labute approximate surface area is 220 Å². The molecule has 192 valence electrons. The number of ether oxygens (including phenoxy) is 1. The van der Waals surface area contributed by atoms with Crippen LogP contribution in [0.3, 0.4) is 0 Å². The summed E-state index contributed by atoms with van der Waals surface area (Å²) in [7, 11) is 1.75. The van der Waals surface area contributed by atoms with Gasteiger partial charge in [-0.25, -0.2) is 0 Å². The lowest BCUT2D eigenvalue weighted by molar-refractivity contribution is -0.127. The van der Waals surface area contributed by atoms with Gasteiger partial charge in [0.05, 0.1) is 18.9 Å². The minimum atomic E-state index is -0.129. The summed E-state index contributed by atoms with van der Waals surface area (Å²) in [5, 5.41) is 11.5. The summed E-state index contributed by atoms with van der Waals surface area (Å²) in [6, 6.07) is 15.3. The van der Waals surface area contributed by atoms with E-state index >= 15 is 0 Å². The van der Waals surface area contributed by atoms with Gasteiger partial charge in [-0.3, -0.25) is 0 Å². The third-order valence-electron chi connectivity index (χ3n) is 10.2. The number of anilines is 1. The van der Waals surface area contributed by atoms with Crippen molar-refractivity contribution in [1.29, 1.82) is 0 Å². The summed E-state index contributed by atoms with van der Waals surface area (Å²) in [6.45, 7) is 4.19. The van der Waals surface area contributed by atoms with E-state index < -0.39 is 0 Å². The molecule has 2 aromatic rings. The summed E-state index contributed by atoms with van der Waals surface area (Å²) in [5.41, 5.74) is 4.15. The molecule has 4 nitrogen and oxygen atoms in total. The van der Waals surface area contributed by atoms with E-state index in [1.165, 1.54) is 73.1 Å². The van der Waals surface area contributed by atoms with Crippen LogP contribution in [0.1, 0.15) is 51.4 Å². The van der Waals surface area contributed by atoms with E-state index in [-0.39, 0.29) is 11.5 Å². The number of aliphatic hydroxyl groups is 1. The van der Waals surface area contributed by atoms with E-state index in [1.807, 2.05) is 11.9 Å². The van der Waals surface area contributed by atoms with Crippen molar-refractivity contribution in [2.75, 3.05) is 37.6 Å². The molecule has 1 saturated heterocycles. The summed E-state index contributed by atoms with van der Waals surface area (Å²) in [4.78, 5) is 3.92. The summed E-state index contributed by atoms with van der Waals surface area (Å²) >= 11 is 1.88. The molecule has 4 bridgehead atoms. The van der Waals surface area contributed by atoms with Gasteiger partial charge in [-0.05, 0) is 129 Å². The number of β-amino-alcohol motifs (C(OH)–C–C–N with tert-alkyl or cyclic N) is 1. The Morgan fingerprint density at radius 2 is 1.67 bits per heavy atom. The Bertz CT molecular complexity index is 1080. The second kappa shape index (κ2) is 9.25. The molecule has 1 atom stereocenters. The number of piperidine rings is 1. The van der Waals surface area contributed by atoms with Gasteiger partial charge in [0.15, 0.2) is 0 Å². The third-order valence-corrected chi connectivity index (χ3v) is 11.3. The molecule has 4 aliphatic carbocycles. The lowest BCUT2D eigenvalue weighted by Crippen LogP contribution is -2.55. The van der Waals surface area contributed by atoms with Crippen LogP contribution in [-0.4, -0.2) is 49.4 Å². The van der Waals surface area contributed by atoms with E-state index in [0.717, 1.165) is 49.7 Å². The molecular formula is C31H40N2O2S. The van der Waals surface area contributed by atoms with Crippen molar-refractivity contribution in [3.05, 3.63) is 42.5 Å². The van der Waals surface area contributed by atoms with Crippen LogP contribution in [0.5, 0.6) is 5.75 Å². The van der Waals surface area contributed by atoms with Crippen molar-refractivity contribution in [3.8, 4) is 16.9 Å². The van der Waals surface area contributed by atoms with Crippen molar-refractivity contribution in [3.63, 3.8) is 0 Å². The highest BCUT2D eigenvalue weighted by atomic mass is 32.2. The first kappa shape index (κ1) is 23.4. The van der Waals surface area contributed by atoms with Crippen LogP contribution >= 0.6 is 11.9 Å². The van der Waals surface area contributed by atoms with Crippen molar-refractivity contribution in [2.45, 2.75) is 62.4 Å². The number of methoxy groups -OCH3 is 1. The van der Waals surface area contributed by atoms with E-state index in [4.69, 9.17) is 4.74 Å². The number of rotatable bonds is 6. The van der Waals surface area contributed by atoms with Gasteiger partial charge in [0.2, 0.25) is 0 Å². The van der Waals surface area contributed by atoms with Gasteiger partial charge >= 0.3 is 0 Å². The molecule has 2 heterocycles. The first-order valence-electron chi connectivity index (χ1n) is 14.2. The number of hydrogen-bond acceptors (Lipinski definition) is 5. The molecule has 0 spiro atoms. The number of likely N-dealkylation sites (tertiary alicyclic amines) is 1. The quantitative estimate of drug-likeness (QED) is 0.456. The molecule has 5 heteroatoms. The van der Waals surface area contributed by atoms with Crippen molar-refractivity contribution in [2.24, 2.45) is 29.1 Å². The van der Waals surface area contributed by atoms with Crippen molar-refractivity contribution >= 4 is 17.6 Å². The molecule has 1 N–H and O–H groups in total. The van der Waals surface area contributed by atoms with Crippen LogP contribution in [0.4, 0.5) is 5.69 Å². The van der Waals surface area contributed by atoms with Gasteiger partial charge < -0.3 is 19.0 Å². The van der Waals surface area contributed by atoms with Gasteiger partial charge in [-0.15, -0.1) is 0 Å². The third kappa shape index (κ3) is 4.16. The maximum atomic E-state index is 11.5. The van der Waals surface area contributed by atoms with Crippen LogP contribution in [-0.2, 0) is 0 Å². The lowest BCUT2D eigenvalue weighted by Gasteiger charge is -2.59. The lowest BCUT2D eigenvalue weighted by atomic mass is 9.48. The number of fused-ring (bicyclic) bond motifs is 3. The zero-order valence-electron chi connectivity index (χ0n) is 21.6. The van der Waals surface area contributed by atoms with Gasteiger partial charge in [0.25, 0.3) is 0 Å². The molecule has 0 radical (unpaired) electrons. The highest BCUT2D eigenvalue weighted by molar-refractivity contribution is 8.01. The smallest absolute Gasteiger partial charge is 0.121 e. The zero-order valence-corrected chi connectivity index (χ0v) is 22.4. The molecule has 2 aromatic carbocycles. The SMILES string of the molecule is COc1ccc2c(c1)N(CC1CCN(CC(O)C34CC5CC(CC(C5)C3)C4)CC1)Sc1ccccc1-2. The molecule has 6 aliphatic rings. The molecule has 8 rings (SSSR count). The Morgan fingerprint density at radius 1 is 0.972 bits per heavy atom. The molecular weight excluding hydrogens is 464 g/mol. The fourth-order valence-electron chi connectivity index (χ4n) is 8.75. The minimum Gasteiger partial charge on any atom is -0.497 e. The van der Waals surface area contributed by atoms with E-state index in [0.29, 0.717) is 5.92 Å². The second-order valence-electron chi connectivity index (χ2n) is 12.6. The summed E-state index contributed by atoms with van der Waals surface area (Å²) < 4.78 is 8.08. The van der Waals surface area contributed by atoms with Crippen LogP contribution < -0.4 is 9.04 Å². The predicted octanol–water partition coefficient (Wildman–Crippen LogP) is 6.48. The van der Waals surface area contributed by atoms with E-state index in [9.17, 15) is 5.11 Å². The van der Waals surface area contributed by atoms with Crippen LogP contribution in [0, 0.1) is 29.1 Å². The minimum absolute atomic E-state index is 0.129. The molecule has 2 aliphatic heterocycles. The largest absolute Gasteiger partial charge is 0.497 e. The molecule has 36 heavy (non-hydrogen) atoms. The Hall–Kier alpha value is -1.69. The summed E-state index contributed by atoms with van der Waals surface area (Å²) in [5.74, 6) is 4.32. The van der Waals surface area contributed by atoms with Crippen molar-refractivity contribution < 1.29 is 9.84 Å². The average molecular weight is 505 g/mol. The Morgan fingerprint density at radius 3 is 2.36 bits per heavy atom. The zero-order chi connectivity index (χ0) is 24.3. The number of nitrogens with zero attached hydrogens (tertiary/aromatic N) is 2. The molecule has 0 amide bonds. The highest BCUT2D eigenvalue weighted by Crippen LogP contribution is 2.61. The number of aliphatic hydroxyl groups excluding tert-OH is 1. The van der Waals surface area contributed by atoms with Gasteiger partial charge in [0.1, 0.15) is 5.75 Å². The average Bonchev–Trinajstić information content (AvgIpc) is 2.89. The monoisotopic (exact) mass is 504 g/mol. The van der Waals surface area contributed by atoms with Gasteiger partial charge in [-0.2, -0.15) is 0 Å². The normalized spacial score (nSPS) is 32.3. The molecule has 4 saturated carbocycles. The number of hydrogen-bond donors (Lipinski definition) is 1. The molecule has 5 fully saturated rings. The van der Waals surface area contributed by atoms with Crippen LogP contribution in [0.25, 0.3) is 11.1 Å². The maximum Gasteiger partial charge on any atom is 0.121 e. The van der Waals surface area contributed by atoms with Gasteiger partial charge in [-0.1, -0.05) is 18.2 Å². The topological polar surface area (TPSA) is 35.9 Å². The summed E-state index contributed by atoms with van der Waals surface area (Å²) in [6.07, 6.45) is 10.5. The highest BCUT2D eigenvalue weighted by Gasteiger charge is 2.54. The fourth-order valence-corrected chi connectivity index (χ4v) is 9.94. The van der Waals surface area contributed by atoms with E-state index in [1.54, 1.807) is 7.11 Å². The van der Waals surface area contributed by atoms with Crippen molar-refractivity contribution in [1.82, 2.24) is 4.90 Å². The number of benzene rings is 2. The Kier molecular flexibility index (Phi) is 6.02. The maximum absolute atomic E-state index is 11.5. The standard InChI is InChI=1S/C31H40N2O2S/c1-35-25-6-7-26-27-4-2-3-5-29(27)36-33(28(26)15-25)19-21-8-10-32(11-9-21)20-30(34)31-16-22-12-23(17-31)14-24(13-22)18-31/h2-7,15,21-24,30,34H,8-14,16-20H2,1H3. The Balaban J connectivity index is 0.996. The predicted molar refractivity (Wildman–Crippen MR) is 147 cm³/mol. The van der Waals surface area contributed by atoms with E-state index in [2.05, 4.69) is 51.7 Å².